The Hall–Kier alpha value is 0.910. The Bertz CT molecular complexity index is 139. The molecule has 44 valence electrons. The van der Waals surface area contributed by atoms with E-state index in [2.05, 4.69) is 0 Å². The Morgan fingerprint density at radius 3 is 1.50 bits per heavy atom. The van der Waals surface area contributed by atoms with Crippen LogP contribution >= 0.6 is 0 Å². The first kappa shape index (κ1) is 11.7. The van der Waals surface area contributed by atoms with Crippen molar-refractivity contribution in [2.24, 2.45) is 0 Å². The molecule has 0 aromatic rings. The summed E-state index contributed by atoms with van der Waals surface area (Å²) in [7, 11) is -3.49. The van der Waals surface area contributed by atoms with Crippen molar-refractivity contribution in [2.45, 2.75) is 19.1 Å². The van der Waals surface area contributed by atoms with Crippen LogP contribution in [0.4, 0.5) is 0 Å². The van der Waals surface area contributed by atoms with Crippen LogP contribution in [0, 0.1) is 0 Å². The van der Waals surface area contributed by atoms with Gasteiger partial charge in [0.15, 0.2) is 0 Å². The first-order chi connectivity index (χ1) is 2.94. The molecule has 0 saturated carbocycles. The smallest absolute Gasteiger partial charge is 0.564 e. The third-order valence-electron chi connectivity index (χ3n) is 0.621. The Balaban J connectivity index is 0. The van der Waals surface area contributed by atoms with E-state index in [4.69, 9.17) is 5.14 Å². The maximum atomic E-state index is 10.00. The van der Waals surface area contributed by atoms with E-state index in [0.717, 1.165) is 0 Å². The van der Waals surface area contributed by atoms with Crippen LogP contribution in [0.2, 0.25) is 0 Å². The second-order valence-corrected chi connectivity index (χ2v) is 3.63. The third kappa shape index (κ3) is 5.05. The van der Waals surface area contributed by atoms with Crippen molar-refractivity contribution in [2.75, 3.05) is 0 Å². The van der Waals surface area contributed by atoms with Gasteiger partial charge >= 0.3 is 29.6 Å². The minimum absolute atomic E-state index is 0. The molecule has 0 rings (SSSR count). The fourth-order valence-corrected chi connectivity index (χ4v) is 0. The molecule has 8 heavy (non-hydrogen) atoms. The molecule has 5 heteroatoms. The van der Waals surface area contributed by atoms with E-state index in [1.165, 1.54) is 13.8 Å². The van der Waals surface area contributed by atoms with Crippen molar-refractivity contribution >= 4 is 10.0 Å². The topological polar surface area (TPSA) is 57.9 Å². The molecule has 0 aliphatic rings. The van der Waals surface area contributed by atoms with Crippen LogP contribution in [0.3, 0.4) is 0 Å². The van der Waals surface area contributed by atoms with E-state index in [1.54, 1.807) is 0 Å². The van der Waals surface area contributed by atoms with E-state index in [1.807, 2.05) is 0 Å². The van der Waals surface area contributed by atoms with Gasteiger partial charge in [-0.3, -0.25) is 0 Å². The monoisotopic (exact) mass is 145 g/mol. The third-order valence-corrected chi connectivity index (χ3v) is 1.86. The summed E-state index contributed by atoms with van der Waals surface area (Å²) in [5.74, 6) is 0. The van der Waals surface area contributed by atoms with E-state index in [9.17, 15) is 8.42 Å². The summed E-state index contributed by atoms with van der Waals surface area (Å²) in [6, 6.07) is 0. The van der Waals surface area contributed by atoms with E-state index >= 15 is 0 Å². The summed E-state index contributed by atoms with van der Waals surface area (Å²) in [6.07, 6.45) is 0. The number of hydrogen-bond donors (Lipinski definition) is 0. The number of sulfonamides is 1. The van der Waals surface area contributed by atoms with Crippen molar-refractivity contribution in [3.05, 3.63) is 5.14 Å². The normalized spacial score (nSPS) is 11.0. The van der Waals surface area contributed by atoms with Gasteiger partial charge in [0.25, 0.3) is 0 Å². The zero-order chi connectivity index (χ0) is 6.08. The molecule has 0 spiro atoms. The average Bonchev–Trinajstić information content (AvgIpc) is 1.31. The van der Waals surface area contributed by atoms with Crippen molar-refractivity contribution < 1.29 is 38.0 Å². The number of hydrogen-bond acceptors (Lipinski definition) is 2. The molecule has 0 aromatic heterocycles. The average molecular weight is 145 g/mol. The largest absolute Gasteiger partial charge is 1.00 e. The van der Waals surface area contributed by atoms with Crippen molar-refractivity contribution in [3.8, 4) is 0 Å². The van der Waals surface area contributed by atoms with Crippen LogP contribution in [0.1, 0.15) is 13.8 Å². The van der Waals surface area contributed by atoms with Crippen LogP contribution in [0.25, 0.3) is 5.14 Å². The second kappa shape index (κ2) is 3.85. The molecule has 3 nitrogen and oxygen atoms in total. The summed E-state index contributed by atoms with van der Waals surface area (Å²) in [5, 5.41) is 5.80. The molecule has 0 unspecified atom stereocenters. The van der Waals surface area contributed by atoms with Gasteiger partial charge in [0, 0.05) is 5.25 Å². The van der Waals surface area contributed by atoms with Gasteiger partial charge in [0.1, 0.15) is 0 Å². The Morgan fingerprint density at radius 1 is 1.38 bits per heavy atom. The summed E-state index contributed by atoms with van der Waals surface area (Å²) >= 11 is 0. The standard InChI is InChI=1S/C3H8NO2S.Na/c1-3(2)7(4,5)6;/h3H,1-2H3,(H-,4,5,6);/q-1;+1. The summed E-state index contributed by atoms with van der Waals surface area (Å²) in [5.41, 5.74) is 0. The van der Waals surface area contributed by atoms with Gasteiger partial charge in [-0.15, -0.1) is 0 Å². The van der Waals surface area contributed by atoms with Crippen molar-refractivity contribution in [1.82, 2.24) is 0 Å². The zero-order valence-electron chi connectivity index (χ0n) is 5.30. The molecule has 0 aromatic carbocycles. The molecular weight excluding hydrogens is 137 g/mol. The quantitative estimate of drug-likeness (QED) is 0.392. The molecular formula is C3H8NNaO2S. The van der Waals surface area contributed by atoms with Gasteiger partial charge < -0.3 is 5.14 Å². The van der Waals surface area contributed by atoms with Gasteiger partial charge in [-0.2, -0.15) is 0 Å². The maximum Gasteiger partial charge on any atom is 1.00 e. The molecule has 0 amide bonds. The molecule has 0 heterocycles. The van der Waals surface area contributed by atoms with Gasteiger partial charge in [0.05, 0.1) is 10.0 Å². The van der Waals surface area contributed by atoms with Crippen LogP contribution in [0.5, 0.6) is 0 Å². The van der Waals surface area contributed by atoms with Crippen LogP contribution in [0.15, 0.2) is 0 Å². The second-order valence-electron chi connectivity index (χ2n) is 1.59. The van der Waals surface area contributed by atoms with Crippen LogP contribution in [-0.4, -0.2) is 13.7 Å². The summed E-state index contributed by atoms with van der Waals surface area (Å²) < 4.78 is 20.0. The van der Waals surface area contributed by atoms with Crippen molar-refractivity contribution in [3.63, 3.8) is 0 Å². The van der Waals surface area contributed by atoms with E-state index in [0.29, 0.717) is 0 Å². The maximum absolute atomic E-state index is 10.00. The molecule has 1 N–H and O–H groups in total. The van der Waals surface area contributed by atoms with Gasteiger partial charge in [-0.25, -0.2) is 8.42 Å². The molecule has 0 bridgehead atoms. The Labute approximate surface area is 72.0 Å². The minimum atomic E-state index is -3.49. The van der Waals surface area contributed by atoms with Crippen LogP contribution < -0.4 is 29.6 Å². The Morgan fingerprint density at radius 2 is 1.50 bits per heavy atom. The molecule has 0 radical (unpaired) electrons. The Kier molecular flexibility index (Phi) is 5.61. The summed E-state index contributed by atoms with van der Waals surface area (Å²) in [4.78, 5) is 0. The first-order valence-corrected chi connectivity index (χ1v) is 3.47. The first-order valence-electron chi connectivity index (χ1n) is 1.93. The van der Waals surface area contributed by atoms with Crippen LogP contribution in [-0.2, 0) is 10.0 Å². The molecule has 0 atom stereocenters. The predicted octanol–water partition coefficient (Wildman–Crippen LogP) is -2.22. The predicted molar refractivity (Wildman–Crippen MR) is 28.4 cm³/mol. The van der Waals surface area contributed by atoms with Crippen molar-refractivity contribution in [1.29, 1.82) is 0 Å². The molecule has 0 aliphatic heterocycles. The fraction of sp³-hybridized carbons (Fsp3) is 1.00. The van der Waals surface area contributed by atoms with Gasteiger partial charge in [0.2, 0.25) is 0 Å². The summed E-state index contributed by atoms with van der Waals surface area (Å²) in [6.45, 7) is 2.95. The van der Waals surface area contributed by atoms with Gasteiger partial charge in [-0.1, -0.05) is 13.8 Å². The van der Waals surface area contributed by atoms with E-state index < -0.39 is 15.3 Å². The fourth-order valence-electron chi connectivity index (χ4n) is 0. The van der Waals surface area contributed by atoms with Gasteiger partial charge in [-0.05, 0) is 0 Å². The number of nitrogens with one attached hydrogen (secondary N) is 1. The molecule has 0 aliphatic carbocycles. The molecule has 0 fully saturated rings. The minimum Gasteiger partial charge on any atom is -0.564 e. The van der Waals surface area contributed by atoms with E-state index in [-0.39, 0.29) is 29.6 Å². The number of rotatable bonds is 1. The SMILES string of the molecule is CC(C)S([NH-])(=O)=O.[Na+]. The zero-order valence-corrected chi connectivity index (χ0v) is 8.12. The molecule has 0 saturated heterocycles.